The van der Waals surface area contributed by atoms with Crippen molar-refractivity contribution >= 4 is 5.69 Å². The number of nitrogens with one attached hydrogen (secondary N) is 1. The third-order valence-corrected chi connectivity index (χ3v) is 2.98. The maximum absolute atomic E-state index is 4.15. The van der Waals surface area contributed by atoms with Crippen LogP contribution in [0.25, 0.3) is 11.4 Å². The molecule has 1 N–H and O–H groups in total. The van der Waals surface area contributed by atoms with Crippen LogP contribution in [0.5, 0.6) is 0 Å². The molecule has 0 unspecified atom stereocenters. The second-order valence-corrected chi connectivity index (χ2v) is 4.41. The lowest BCUT2D eigenvalue weighted by Gasteiger charge is -2.11. The van der Waals surface area contributed by atoms with Gasteiger partial charge in [-0.05, 0) is 12.1 Å². The van der Waals surface area contributed by atoms with E-state index < -0.39 is 0 Å². The minimum Gasteiger partial charge on any atom is -0.380 e. The summed E-state index contributed by atoms with van der Waals surface area (Å²) in [5, 5.41) is 11.5. The highest BCUT2D eigenvalue weighted by Gasteiger charge is 2.09. The normalized spacial score (nSPS) is 10.4. The second kappa shape index (κ2) is 5.48. The van der Waals surface area contributed by atoms with E-state index in [1.165, 1.54) is 6.33 Å². The number of benzene rings is 1. The quantitative estimate of drug-likeness (QED) is 0.781. The number of nitrogens with zero attached hydrogens (tertiary/aromatic N) is 5. The number of aryl methyl sites for hydroxylation is 1. The Morgan fingerprint density at radius 1 is 1.15 bits per heavy atom. The zero-order valence-corrected chi connectivity index (χ0v) is 11.1. The highest BCUT2D eigenvalue weighted by molar-refractivity contribution is 5.73. The van der Waals surface area contributed by atoms with Crippen molar-refractivity contribution in [2.45, 2.75) is 6.54 Å². The lowest BCUT2D eigenvalue weighted by atomic mass is 10.1. The highest BCUT2D eigenvalue weighted by atomic mass is 15.2. The SMILES string of the molecule is Cn1cnnc1-c1ccccc1NCc1cncnc1. The van der Waals surface area contributed by atoms with Crippen LogP contribution < -0.4 is 5.32 Å². The van der Waals surface area contributed by atoms with Crippen molar-refractivity contribution in [3.63, 3.8) is 0 Å². The average Bonchev–Trinajstić information content (AvgIpc) is 2.92. The molecule has 6 heteroatoms. The molecule has 0 saturated heterocycles. The molecule has 6 nitrogen and oxygen atoms in total. The molecule has 0 bridgehead atoms. The Kier molecular flexibility index (Phi) is 3.36. The molecule has 3 rings (SSSR count). The van der Waals surface area contributed by atoms with E-state index in [-0.39, 0.29) is 0 Å². The van der Waals surface area contributed by atoms with Crippen LogP contribution in [0, 0.1) is 0 Å². The summed E-state index contributed by atoms with van der Waals surface area (Å²) in [5.74, 6) is 0.831. The first-order chi connectivity index (χ1) is 9.84. The summed E-state index contributed by atoms with van der Waals surface area (Å²) >= 11 is 0. The molecule has 100 valence electrons. The van der Waals surface area contributed by atoms with E-state index in [0.717, 1.165) is 22.6 Å². The van der Waals surface area contributed by atoms with E-state index in [0.29, 0.717) is 6.54 Å². The van der Waals surface area contributed by atoms with Crippen LogP contribution >= 0.6 is 0 Å². The van der Waals surface area contributed by atoms with Crippen molar-refractivity contribution in [2.24, 2.45) is 7.05 Å². The first-order valence-corrected chi connectivity index (χ1v) is 6.26. The van der Waals surface area contributed by atoms with E-state index >= 15 is 0 Å². The summed E-state index contributed by atoms with van der Waals surface area (Å²) in [5.41, 5.74) is 3.05. The maximum Gasteiger partial charge on any atom is 0.165 e. The minimum atomic E-state index is 0.662. The van der Waals surface area contributed by atoms with Gasteiger partial charge in [0.15, 0.2) is 5.82 Å². The first kappa shape index (κ1) is 12.3. The Bertz CT molecular complexity index is 692. The van der Waals surface area contributed by atoms with E-state index in [4.69, 9.17) is 0 Å². The Morgan fingerprint density at radius 2 is 1.95 bits per heavy atom. The molecular formula is C14H14N6. The van der Waals surface area contributed by atoms with Gasteiger partial charge >= 0.3 is 0 Å². The molecule has 2 aromatic heterocycles. The summed E-state index contributed by atoms with van der Waals surface area (Å²) < 4.78 is 1.89. The fourth-order valence-electron chi connectivity index (χ4n) is 1.98. The summed E-state index contributed by atoms with van der Waals surface area (Å²) in [7, 11) is 1.93. The van der Waals surface area contributed by atoms with Gasteiger partial charge in [-0.2, -0.15) is 0 Å². The van der Waals surface area contributed by atoms with Gasteiger partial charge in [-0.15, -0.1) is 10.2 Å². The molecule has 1 aromatic carbocycles. The molecule has 2 heterocycles. The van der Waals surface area contributed by atoms with Gasteiger partial charge in [-0.1, -0.05) is 12.1 Å². The minimum absolute atomic E-state index is 0.662. The molecule has 0 aliphatic carbocycles. The van der Waals surface area contributed by atoms with Gasteiger partial charge in [0.05, 0.1) is 0 Å². The second-order valence-electron chi connectivity index (χ2n) is 4.41. The van der Waals surface area contributed by atoms with Crippen LogP contribution in [-0.2, 0) is 13.6 Å². The predicted molar refractivity (Wildman–Crippen MR) is 75.8 cm³/mol. The largest absolute Gasteiger partial charge is 0.380 e. The maximum atomic E-state index is 4.15. The number of aromatic nitrogens is 5. The van der Waals surface area contributed by atoms with Crippen LogP contribution in [-0.4, -0.2) is 24.7 Å². The van der Waals surface area contributed by atoms with Crippen molar-refractivity contribution in [2.75, 3.05) is 5.32 Å². The monoisotopic (exact) mass is 266 g/mol. The van der Waals surface area contributed by atoms with Gasteiger partial charge in [0.2, 0.25) is 0 Å². The number of hydrogen-bond acceptors (Lipinski definition) is 5. The molecular weight excluding hydrogens is 252 g/mol. The third-order valence-electron chi connectivity index (χ3n) is 2.98. The number of anilines is 1. The Hall–Kier alpha value is -2.76. The standard InChI is InChI=1S/C14H14N6/c1-20-10-18-19-14(20)12-4-2-3-5-13(12)17-8-11-6-15-9-16-7-11/h2-7,9-10,17H,8H2,1H3. The first-order valence-electron chi connectivity index (χ1n) is 6.26. The van der Waals surface area contributed by atoms with Gasteiger partial charge < -0.3 is 9.88 Å². The molecule has 3 aromatic rings. The lowest BCUT2D eigenvalue weighted by Crippen LogP contribution is -2.03. The Morgan fingerprint density at radius 3 is 2.70 bits per heavy atom. The van der Waals surface area contributed by atoms with Crippen molar-refractivity contribution in [1.29, 1.82) is 0 Å². The number of hydrogen-bond donors (Lipinski definition) is 1. The van der Waals surface area contributed by atoms with Gasteiger partial charge in [0.25, 0.3) is 0 Å². The van der Waals surface area contributed by atoms with Crippen LogP contribution in [0.3, 0.4) is 0 Å². The smallest absolute Gasteiger partial charge is 0.165 e. The van der Waals surface area contributed by atoms with Crippen LogP contribution in [0.2, 0.25) is 0 Å². The summed E-state index contributed by atoms with van der Waals surface area (Å²) in [4.78, 5) is 8.01. The highest BCUT2D eigenvalue weighted by Crippen LogP contribution is 2.25. The molecule has 0 radical (unpaired) electrons. The molecule has 0 fully saturated rings. The van der Waals surface area contributed by atoms with E-state index in [1.807, 2.05) is 35.9 Å². The van der Waals surface area contributed by atoms with Gasteiger partial charge in [-0.3, -0.25) is 0 Å². The zero-order valence-electron chi connectivity index (χ0n) is 11.1. The zero-order chi connectivity index (χ0) is 13.8. The van der Waals surface area contributed by atoms with Crippen LogP contribution in [0.15, 0.2) is 49.3 Å². The summed E-state index contributed by atoms with van der Waals surface area (Å²) in [6, 6.07) is 8.02. The summed E-state index contributed by atoms with van der Waals surface area (Å²) in [6.45, 7) is 0.662. The van der Waals surface area contributed by atoms with Crippen molar-refractivity contribution in [3.8, 4) is 11.4 Å². The van der Waals surface area contributed by atoms with Crippen molar-refractivity contribution < 1.29 is 0 Å². The van der Waals surface area contributed by atoms with Crippen LogP contribution in [0.1, 0.15) is 5.56 Å². The van der Waals surface area contributed by atoms with Crippen molar-refractivity contribution in [3.05, 3.63) is 54.9 Å². The molecule has 0 aliphatic heterocycles. The van der Waals surface area contributed by atoms with Gasteiger partial charge in [0.1, 0.15) is 12.7 Å². The van der Waals surface area contributed by atoms with E-state index in [1.54, 1.807) is 18.7 Å². The molecule has 0 spiro atoms. The Labute approximate surface area is 116 Å². The topological polar surface area (TPSA) is 68.5 Å². The molecule has 0 aliphatic rings. The van der Waals surface area contributed by atoms with E-state index in [9.17, 15) is 0 Å². The number of para-hydroxylation sites is 1. The fraction of sp³-hybridized carbons (Fsp3) is 0.143. The Balaban J connectivity index is 1.86. The predicted octanol–water partition coefficient (Wildman–Crippen LogP) is 1.88. The molecule has 20 heavy (non-hydrogen) atoms. The van der Waals surface area contributed by atoms with Gasteiger partial charge in [-0.25, -0.2) is 9.97 Å². The fourth-order valence-corrected chi connectivity index (χ4v) is 1.98. The van der Waals surface area contributed by atoms with E-state index in [2.05, 4.69) is 25.5 Å². The van der Waals surface area contributed by atoms with Crippen LogP contribution in [0.4, 0.5) is 5.69 Å². The molecule has 0 atom stereocenters. The average molecular weight is 266 g/mol. The van der Waals surface area contributed by atoms with Gasteiger partial charge in [0, 0.05) is 42.8 Å². The lowest BCUT2D eigenvalue weighted by molar-refractivity contribution is 0.919. The summed E-state index contributed by atoms with van der Waals surface area (Å²) in [6.07, 6.45) is 6.81. The third kappa shape index (κ3) is 2.49. The molecule has 0 amide bonds. The molecule has 0 saturated carbocycles. The van der Waals surface area contributed by atoms with Crippen molar-refractivity contribution in [1.82, 2.24) is 24.7 Å². The number of rotatable bonds is 4.